The maximum absolute atomic E-state index is 10.2. The summed E-state index contributed by atoms with van der Waals surface area (Å²) >= 11 is 0. The van der Waals surface area contributed by atoms with E-state index < -0.39 is 5.97 Å². The van der Waals surface area contributed by atoms with Gasteiger partial charge < -0.3 is 9.90 Å². The molecule has 0 N–H and O–H groups in total. The zero-order chi connectivity index (χ0) is 14.9. The molecule has 0 aromatic heterocycles. The number of hydrogen-bond acceptors (Lipinski definition) is 2. The summed E-state index contributed by atoms with van der Waals surface area (Å²) in [5.74, 6) is -0.911. The molecule has 0 atom stereocenters. The van der Waals surface area contributed by atoms with Crippen LogP contribution in [0.1, 0.15) is 96.8 Å². The maximum atomic E-state index is 10.2. The van der Waals surface area contributed by atoms with Crippen LogP contribution < -0.4 is 56.5 Å². The monoisotopic (exact) mass is 320 g/mol. The summed E-state index contributed by atoms with van der Waals surface area (Å²) in [6.45, 7) is 2.25. The first-order chi connectivity index (χ1) is 9.77. The Hall–Kier alpha value is 0.846. The number of hydrogen-bond donors (Lipinski definition) is 0. The third kappa shape index (κ3) is 23.2. The molecule has 118 valence electrons. The molecule has 0 aliphatic rings. The van der Waals surface area contributed by atoms with Crippen molar-refractivity contribution in [3.63, 3.8) is 0 Å². The molecule has 0 radical (unpaired) electrons. The molecule has 2 nitrogen and oxygen atoms in total. The largest absolute Gasteiger partial charge is 1.00 e. The van der Waals surface area contributed by atoms with Crippen LogP contribution in [-0.2, 0) is 4.79 Å². The fourth-order valence-corrected chi connectivity index (χ4v) is 2.34. The second kappa shape index (κ2) is 20.8. The minimum atomic E-state index is -0.911. The number of allylic oxidation sites excluding steroid dienone is 2. The van der Waals surface area contributed by atoms with Crippen LogP contribution in [0.2, 0.25) is 0 Å². The molecule has 0 heterocycles. The van der Waals surface area contributed by atoms with Gasteiger partial charge >= 0.3 is 51.4 Å². The normalized spacial score (nSPS) is 10.7. The van der Waals surface area contributed by atoms with E-state index in [0.29, 0.717) is 0 Å². The van der Waals surface area contributed by atoms with Crippen molar-refractivity contribution in [3.8, 4) is 0 Å². The molecule has 0 saturated heterocycles. The van der Waals surface area contributed by atoms with Crippen LogP contribution >= 0.6 is 0 Å². The molecule has 0 unspecified atom stereocenters. The van der Waals surface area contributed by atoms with Crippen molar-refractivity contribution in [2.75, 3.05) is 0 Å². The minimum absolute atomic E-state index is 0. The van der Waals surface area contributed by atoms with E-state index in [1.165, 1.54) is 70.6 Å². The average molecular weight is 321 g/mol. The molecular weight excluding hydrogens is 287 g/mol. The van der Waals surface area contributed by atoms with Gasteiger partial charge in [0.15, 0.2) is 0 Å². The summed E-state index contributed by atoms with van der Waals surface area (Å²) in [5, 5.41) is 10.2. The molecular formula is C18H33KO2. The van der Waals surface area contributed by atoms with Crippen molar-refractivity contribution in [1.82, 2.24) is 0 Å². The molecule has 0 saturated carbocycles. The van der Waals surface area contributed by atoms with Crippen LogP contribution in [0, 0.1) is 0 Å². The minimum Gasteiger partial charge on any atom is -0.550 e. The van der Waals surface area contributed by atoms with Crippen molar-refractivity contribution < 1.29 is 61.3 Å². The van der Waals surface area contributed by atoms with Crippen LogP contribution in [0.3, 0.4) is 0 Å². The first-order valence-corrected chi connectivity index (χ1v) is 8.62. The van der Waals surface area contributed by atoms with Crippen LogP contribution in [0.25, 0.3) is 0 Å². The maximum Gasteiger partial charge on any atom is 1.00 e. The zero-order valence-corrected chi connectivity index (χ0v) is 17.5. The Morgan fingerprint density at radius 3 is 1.67 bits per heavy atom. The standard InChI is InChI=1S/C18H34O2.K/c1-2-3-4-5-6-7-8-9-10-11-12-13-14-15-16-17-18(19)20;/h7-8H,2-6,9-17H2,1H3,(H,19,20);/q;+1/p-1. The van der Waals surface area contributed by atoms with Gasteiger partial charge in [-0.25, -0.2) is 0 Å². The Labute approximate surface area is 174 Å². The fraction of sp³-hybridized carbons (Fsp3) is 0.833. The molecule has 0 fully saturated rings. The predicted molar refractivity (Wildman–Crippen MR) is 84.5 cm³/mol. The summed E-state index contributed by atoms with van der Waals surface area (Å²) in [5.41, 5.74) is 0. The number of carboxylic acid groups (broad SMARTS) is 1. The number of unbranched alkanes of at least 4 members (excludes halogenated alkanes) is 11. The molecule has 0 bridgehead atoms. The van der Waals surface area contributed by atoms with Crippen molar-refractivity contribution in [3.05, 3.63) is 12.2 Å². The molecule has 0 aliphatic heterocycles. The molecule has 21 heavy (non-hydrogen) atoms. The first kappa shape index (κ1) is 24.1. The van der Waals surface area contributed by atoms with E-state index in [2.05, 4.69) is 19.1 Å². The number of rotatable bonds is 15. The van der Waals surface area contributed by atoms with Crippen molar-refractivity contribution in [1.29, 1.82) is 0 Å². The van der Waals surface area contributed by atoms with Gasteiger partial charge in [-0.3, -0.25) is 0 Å². The van der Waals surface area contributed by atoms with E-state index in [1.54, 1.807) is 0 Å². The van der Waals surface area contributed by atoms with E-state index in [4.69, 9.17) is 0 Å². The molecule has 3 heteroatoms. The van der Waals surface area contributed by atoms with Gasteiger partial charge in [-0.1, -0.05) is 70.4 Å². The van der Waals surface area contributed by atoms with Crippen LogP contribution in [0.5, 0.6) is 0 Å². The third-order valence-electron chi connectivity index (χ3n) is 3.64. The predicted octanol–water partition coefficient (Wildman–Crippen LogP) is 1.78. The van der Waals surface area contributed by atoms with Gasteiger partial charge in [0.1, 0.15) is 0 Å². The van der Waals surface area contributed by atoms with Gasteiger partial charge in [0, 0.05) is 5.97 Å². The van der Waals surface area contributed by atoms with Crippen LogP contribution in [0.4, 0.5) is 0 Å². The fourth-order valence-electron chi connectivity index (χ4n) is 2.34. The quantitative estimate of drug-likeness (QED) is 0.262. The van der Waals surface area contributed by atoms with E-state index in [-0.39, 0.29) is 57.8 Å². The molecule has 0 spiro atoms. The Bertz CT molecular complexity index is 239. The van der Waals surface area contributed by atoms with Crippen molar-refractivity contribution in [2.45, 2.75) is 96.8 Å². The Kier molecular flexibility index (Phi) is 23.9. The average Bonchev–Trinajstić information content (AvgIpc) is 2.43. The number of carbonyl (C=O) groups excluding carboxylic acids is 1. The Morgan fingerprint density at radius 2 is 1.19 bits per heavy atom. The van der Waals surface area contributed by atoms with Gasteiger partial charge in [-0.2, -0.15) is 0 Å². The third-order valence-corrected chi connectivity index (χ3v) is 3.64. The summed E-state index contributed by atoms with van der Waals surface area (Å²) in [6.07, 6.45) is 20.9. The van der Waals surface area contributed by atoms with Gasteiger partial charge in [-0.15, -0.1) is 0 Å². The van der Waals surface area contributed by atoms with Crippen LogP contribution in [0.15, 0.2) is 12.2 Å². The zero-order valence-electron chi connectivity index (χ0n) is 14.4. The van der Waals surface area contributed by atoms with E-state index >= 15 is 0 Å². The molecule has 0 aromatic carbocycles. The van der Waals surface area contributed by atoms with Crippen molar-refractivity contribution in [2.24, 2.45) is 0 Å². The van der Waals surface area contributed by atoms with Gasteiger partial charge in [0.05, 0.1) is 0 Å². The molecule has 0 aromatic rings. The van der Waals surface area contributed by atoms with Crippen LogP contribution in [-0.4, -0.2) is 5.97 Å². The van der Waals surface area contributed by atoms with Crippen molar-refractivity contribution >= 4 is 5.97 Å². The van der Waals surface area contributed by atoms with E-state index in [1.807, 2.05) is 0 Å². The first-order valence-electron chi connectivity index (χ1n) is 8.62. The van der Waals surface area contributed by atoms with Gasteiger partial charge in [0.25, 0.3) is 0 Å². The smallest absolute Gasteiger partial charge is 0.550 e. The number of aliphatic carboxylic acids is 1. The second-order valence-electron chi connectivity index (χ2n) is 5.71. The molecule has 0 aliphatic carbocycles. The Balaban J connectivity index is 0. The van der Waals surface area contributed by atoms with Gasteiger partial charge in [0.2, 0.25) is 0 Å². The second-order valence-corrected chi connectivity index (χ2v) is 5.71. The number of carbonyl (C=O) groups is 1. The molecule has 0 amide bonds. The Morgan fingerprint density at radius 1 is 0.762 bits per heavy atom. The van der Waals surface area contributed by atoms with Gasteiger partial charge in [-0.05, 0) is 38.5 Å². The summed E-state index contributed by atoms with van der Waals surface area (Å²) in [4.78, 5) is 10.2. The number of carboxylic acids is 1. The summed E-state index contributed by atoms with van der Waals surface area (Å²) < 4.78 is 0. The van der Waals surface area contributed by atoms with E-state index in [9.17, 15) is 9.90 Å². The topological polar surface area (TPSA) is 40.1 Å². The summed E-state index contributed by atoms with van der Waals surface area (Å²) in [6, 6.07) is 0. The SMILES string of the molecule is CCCCCCC=CCCCCCCCCCC(=O)[O-].[K+]. The van der Waals surface area contributed by atoms with E-state index in [0.717, 1.165) is 12.8 Å². The summed E-state index contributed by atoms with van der Waals surface area (Å²) in [7, 11) is 0. The molecule has 0 rings (SSSR count).